The minimum atomic E-state index is -3.77. The summed E-state index contributed by atoms with van der Waals surface area (Å²) in [7, 11) is 2.08. The summed E-state index contributed by atoms with van der Waals surface area (Å²) in [6, 6.07) is 5.03. The predicted octanol–water partition coefficient (Wildman–Crippen LogP) is 4.26. The van der Waals surface area contributed by atoms with Crippen molar-refractivity contribution in [3.63, 3.8) is 0 Å². The number of anilines is 2. The predicted molar refractivity (Wildman–Crippen MR) is 130 cm³/mol. The van der Waals surface area contributed by atoms with E-state index in [1.165, 1.54) is 12.1 Å². The van der Waals surface area contributed by atoms with Crippen LogP contribution in [0.5, 0.6) is 0 Å². The SMILES string of the molecule is Cc1nc(N[C@H](C)c2cccc(C(F)(F)C(C)(C)O)c2F)c2cc(N3CCN(C)CC3)ncc2n1. The van der Waals surface area contributed by atoms with Crippen LogP contribution in [-0.4, -0.2) is 63.8 Å². The monoisotopic (exact) mass is 488 g/mol. The number of nitrogens with zero attached hydrogens (tertiary/aromatic N) is 5. The number of halogens is 3. The second-order valence-electron chi connectivity index (χ2n) is 9.68. The van der Waals surface area contributed by atoms with Crippen LogP contribution in [0.4, 0.5) is 24.8 Å². The first-order valence-electron chi connectivity index (χ1n) is 11.6. The molecular formula is C25H31F3N6O. The summed E-state index contributed by atoms with van der Waals surface area (Å²) in [6.07, 6.45) is 1.69. The van der Waals surface area contributed by atoms with Crippen LogP contribution in [0.1, 0.15) is 43.8 Å². The highest BCUT2D eigenvalue weighted by Gasteiger charge is 2.49. The van der Waals surface area contributed by atoms with Gasteiger partial charge in [-0.05, 0) is 46.9 Å². The number of likely N-dealkylation sites (N-methyl/N-ethyl adjacent to an activating group) is 1. The van der Waals surface area contributed by atoms with Crippen LogP contribution in [0, 0.1) is 12.7 Å². The Morgan fingerprint density at radius 1 is 1.11 bits per heavy atom. The van der Waals surface area contributed by atoms with Gasteiger partial charge in [-0.1, -0.05) is 12.1 Å². The largest absolute Gasteiger partial charge is 0.384 e. The van der Waals surface area contributed by atoms with Gasteiger partial charge in [0.05, 0.1) is 23.3 Å². The molecule has 0 bridgehead atoms. The van der Waals surface area contributed by atoms with Crippen molar-refractivity contribution in [1.29, 1.82) is 0 Å². The summed E-state index contributed by atoms with van der Waals surface area (Å²) in [5, 5.41) is 13.8. The maximum absolute atomic E-state index is 15.3. The summed E-state index contributed by atoms with van der Waals surface area (Å²) in [4.78, 5) is 18.0. The fourth-order valence-electron chi connectivity index (χ4n) is 4.19. The van der Waals surface area contributed by atoms with E-state index in [0.717, 1.165) is 51.9 Å². The number of pyridine rings is 1. The maximum Gasteiger partial charge on any atom is 0.303 e. The molecule has 1 saturated heterocycles. The van der Waals surface area contributed by atoms with Gasteiger partial charge >= 0.3 is 5.92 Å². The second kappa shape index (κ2) is 9.23. The topological polar surface area (TPSA) is 77.4 Å². The molecule has 4 rings (SSSR count). The Hall–Kier alpha value is -2.98. The third-order valence-electron chi connectivity index (χ3n) is 6.46. The van der Waals surface area contributed by atoms with Gasteiger partial charge in [0.1, 0.15) is 28.9 Å². The molecule has 0 amide bonds. The lowest BCUT2D eigenvalue weighted by Gasteiger charge is -2.33. The van der Waals surface area contributed by atoms with Gasteiger partial charge < -0.3 is 20.2 Å². The molecule has 1 aliphatic heterocycles. The first kappa shape index (κ1) is 25.1. The van der Waals surface area contributed by atoms with Crippen molar-refractivity contribution < 1.29 is 18.3 Å². The van der Waals surface area contributed by atoms with E-state index in [-0.39, 0.29) is 5.56 Å². The van der Waals surface area contributed by atoms with E-state index >= 15 is 4.39 Å². The van der Waals surface area contributed by atoms with E-state index in [2.05, 4.69) is 37.1 Å². The van der Waals surface area contributed by atoms with Gasteiger partial charge in [-0.25, -0.2) is 19.3 Å². The van der Waals surface area contributed by atoms with Crippen molar-refractivity contribution in [3.05, 3.63) is 53.2 Å². The number of hydrogen-bond acceptors (Lipinski definition) is 7. The average Bonchev–Trinajstić information content (AvgIpc) is 2.78. The fraction of sp³-hybridized carbons (Fsp3) is 0.480. The van der Waals surface area contributed by atoms with Gasteiger partial charge in [0.25, 0.3) is 0 Å². The van der Waals surface area contributed by atoms with Gasteiger partial charge in [0, 0.05) is 37.1 Å². The number of nitrogens with one attached hydrogen (secondary N) is 1. The lowest BCUT2D eigenvalue weighted by molar-refractivity contribution is -0.170. The molecule has 7 nitrogen and oxygen atoms in total. The Balaban J connectivity index is 1.69. The quantitative estimate of drug-likeness (QED) is 0.537. The van der Waals surface area contributed by atoms with Gasteiger partial charge in [-0.3, -0.25) is 0 Å². The van der Waals surface area contributed by atoms with Crippen LogP contribution in [0.3, 0.4) is 0 Å². The third-order valence-corrected chi connectivity index (χ3v) is 6.46. The minimum Gasteiger partial charge on any atom is -0.384 e. The fourth-order valence-corrected chi connectivity index (χ4v) is 4.19. The highest BCUT2D eigenvalue weighted by atomic mass is 19.3. The highest BCUT2D eigenvalue weighted by molar-refractivity contribution is 5.90. The number of aryl methyl sites for hydroxylation is 1. The molecule has 0 unspecified atom stereocenters. The van der Waals surface area contributed by atoms with Crippen LogP contribution < -0.4 is 10.2 Å². The van der Waals surface area contributed by atoms with Crippen molar-refractivity contribution in [2.24, 2.45) is 0 Å². The van der Waals surface area contributed by atoms with Gasteiger partial charge in [-0.15, -0.1) is 0 Å². The zero-order chi connectivity index (χ0) is 25.5. The van der Waals surface area contributed by atoms with Crippen molar-refractivity contribution in [3.8, 4) is 0 Å². The van der Waals surface area contributed by atoms with Crippen LogP contribution in [0.2, 0.25) is 0 Å². The lowest BCUT2D eigenvalue weighted by atomic mass is 9.91. The van der Waals surface area contributed by atoms with E-state index < -0.39 is 28.9 Å². The number of aromatic nitrogens is 3. The molecule has 1 atom stereocenters. The number of piperazine rings is 1. The van der Waals surface area contributed by atoms with Crippen molar-refractivity contribution in [2.45, 2.75) is 45.3 Å². The van der Waals surface area contributed by atoms with Crippen LogP contribution in [0.15, 0.2) is 30.5 Å². The number of fused-ring (bicyclic) bond motifs is 1. The summed E-state index contributed by atoms with van der Waals surface area (Å²) in [5.41, 5.74) is -2.59. The molecule has 35 heavy (non-hydrogen) atoms. The molecule has 0 aliphatic carbocycles. The van der Waals surface area contributed by atoms with Crippen LogP contribution >= 0.6 is 0 Å². The average molecular weight is 489 g/mol. The minimum absolute atomic E-state index is 0.0455. The van der Waals surface area contributed by atoms with E-state index in [9.17, 15) is 13.9 Å². The molecule has 1 aliphatic rings. The maximum atomic E-state index is 15.3. The van der Waals surface area contributed by atoms with Crippen molar-refractivity contribution in [1.82, 2.24) is 19.9 Å². The van der Waals surface area contributed by atoms with Crippen molar-refractivity contribution in [2.75, 3.05) is 43.4 Å². The molecule has 3 aromatic rings. The number of alkyl halides is 2. The Bertz CT molecular complexity index is 1220. The van der Waals surface area contributed by atoms with Crippen LogP contribution in [0.25, 0.3) is 10.9 Å². The summed E-state index contributed by atoms with van der Waals surface area (Å²) >= 11 is 0. The Morgan fingerprint density at radius 2 is 1.80 bits per heavy atom. The second-order valence-corrected chi connectivity index (χ2v) is 9.68. The third kappa shape index (κ3) is 4.90. The Kier molecular flexibility index (Phi) is 6.63. The molecule has 10 heteroatoms. The molecule has 1 fully saturated rings. The Morgan fingerprint density at radius 3 is 2.46 bits per heavy atom. The zero-order valence-corrected chi connectivity index (χ0v) is 20.6. The molecule has 0 radical (unpaired) electrons. The molecule has 2 aromatic heterocycles. The number of hydrogen-bond donors (Lipinski definition) is 2. The number of rotatable bonds is 6. The van der Waals surface area contributed by atoms with Crippen molar-refractivity contribution >= 4 is 22.5 Å². The van der Waals surface area contributed by atoms with E-state index in [4.69, 9.17) is 0 Å². The number of aliphatic hydroxyl groups is 1. The highest BCUT2D eigenvalue weighted by Crippen LogP contribution is 2.41. The Labute approximate surface area is 203 Å². The van der Waals surface area contributed by atoms with Crippen LogP contribution in [-0.2, 0) is 5.92 Å². The molecular weight excluding hydrogens is 457 g/mol. The summed E-state index contributed by atoms with van der Waals surface area (Å²) < 4.78 is 44.8. The molecule has 3 heterocycles. The molecule has 1 aromatic carbocycles. The number of benzene rings is 1. The zero-order valence-electron chi connectivity index (χ0n) is 20.6. The van der Waals surface area contributed by atoms with E-state index in [1.807, 2.05) is 6.07 Å². The van der Waals surface area contributed by atoms with Gasteiger partial charge in [0.2, 0.25) is 0 Å². The first-order chi connectivity index (χ1) is 16.4. The van der Waals surface area contributed by atoms with Gasteiger partial charge in [0.15, 0.2) is 0 Å². The molecule has 0 saturated carbocycles. The smallest absolute Gasteiger partial charge is 0.303 e. The standard InChI is InChI=1S/C25H31F3N6O/c1-15(17-7-6-8-19(22(17)26)25(27,28)24(3,4)35)30-23-18-13-21(34-11-9-33(5)10-12-34)29-14-20(18)31-16(2)32-23/h6-8,13-15,35H,9-12H2,1-5H3,(H,30,31,32)/t15-/m1/s1. The van der Waals surface area contributed by atoms with E-state index in [0.29, 0.717) is 22.5 Å². The molecule has 0 spiro atoms. The molecule has 188 valence electrons. The normalized spacial score (nSPS) is 16.5. The lowest BCUT2D eigenvalue weighted by Crippen LogP contribution is -2.44. The summed E-state index contributed by atoms with van der Waals surface area (Å²) in [5.74, 6) is -3.06. The molecule has 2 N–H and O–H groups in total. The first-order valence-corrected chi connectivity index (χ1v) is 11.6. The summed E-state index contributed by atoms with van der Waals surface area (Å²) in [6.45, 7) is 8.88. The van der Waals surface area contributed by atoms with Gasteiger partial charge in [-0.2, -0.15) is 8.78 Å². The van der Waals surface area contributed by atoms with E-state index in [1.54, 1.807) is 20.0 Å².